The molecule has 0 fully saturated rings. The van der Waals surface area contributed by atoms with Crippen molar-refractivity contribution in [2.45, 2.75) is 25.1 Å². The smallest absolute Gasteiger partial charge is 0.367 e. The number of hydrogen-bond acceptors (Lipinski definition) is 2. The minimum atomic E-state index is -4.39. The van der Waals surface area contributed by atoms with E-state index in [1.54, 1.807) is 0 Å². The molecule has 1 aliphatic rings. The van der Waals surface area contributed by atoms with E-state index >= 15 is 0 Å². The molecule has 2 nitrogen and oxygen atoms in total. The molecule has 0 amide bonds. The number of aldehydes is 1. The van der Waals surface area contributed by atoms with Crippen molar-refractivity contribution in [1.82, 2.24) is 0 Å². The van der Waals surface area contributed by atoms with E-state index in [0.29, 0.717) is 30.8 Å². The molecule has 120 valence electrons. The van der Waals surface area contributed by atoms with Crippen molar-refractivity contribution in [1.29, 1.82) is 0 Å². The van der Waals surface area contributed by atoms with Gasteiger partial charge in [0.1, 0.15) is 6.29 Å². The molecule has 23 heavy (non-hydrogen) atoms. The highest BCUT2D eigenvalue weighted by Crippen LogP contribution is 2.39. The molecule has 5 heteroatoms. The van der Waals surface area contributed by atoms with Gasteiger partial charge < -0.3 is 9.69 Å². The van der Waals surface area contributed by atoms with Gasteiger partial charge in [0.2, 0.25) is 0 Å². The number of carbonyl (C=O) groups is 1. The normalized spacial score (nSPS) is 17.7. The van der Waals surface area contributed by atoms with Crippen molar-refractivity contribution in [2.24, 2.45) is 0 Å². The van der Waals surface area contributed by atoms with Crippen LogP contribution in [0.1, 0.15) is 29.0 Å². The minimum Gasteiger partial charge on any atom is -0.367 e. The zero-order chi connectivity index (χ0) is 16.4. The molecule has 0 N–H and O–H groups in total. The first-order valence-electron chi connectivity index (χ1n) is 7.44. The topological polar surface area (TPSA) is 20.3 Å². The standard InChI is InChI=1S/C18H16F3NO/c19-18(20,21)15-6-7-16-14(12-23)8-9-22(17(16)10-15)11-13-4-2-1-3-5-13/h1-7,10,12,14H,8-9,11H2. The average Bonchev–Trinajstić information content (AvgIpc) is 2.55. The quantitative estimate of drug-likeness (QED) is 0.782. The van der Waals surface area contributed by atoms with Crippen molar-refractivity contribution in [2.75, 3.05) is 11.4 Å². The van der Waals surface area contributed by atoms with Crippen molar-refractivity contribution in [3.05, 3.63) is 65.2 Å². The summed E-state index contributed by atoms with van der Waals surface area (Å²) in [5, 5.41) is 0. The van der Waals surface area contributed by atoms with Gasteiger partial charge in [-0.25, -0.2) is 0 Å². The summed E-state index contributed by atoms with van der Waals surface area (Å²) < 4.78 is 39.0. The maximum absolute atomic E-state index is 13.0. The van der Waals surface area contributed by atoms with Crippen LogP contribution in [0.25, 0.3) is 0 Å². The van der Waals surface area contributed by atoms with Gasteiger partial charge in [-0.05, 0) is 29.7 Å². The number of anilines is 1. The number of alkyl halides is 3. The number of halogens is 3. The van der Waals surface area contributed by atoms with Gasteiger partial charge >= 0.3 is 6.18 Å². The predicted molar refractivity (Wildman–Crippen MR) is 82.4 cm³/mol. The van der Waals surface area contributed by atoms with Crippen LogP contribution in [0.4, 0.5) is 18.9 Å². The number of carbonyl (C=O) groups excluding carboxylic acids is 1. The summed E-state index contributed by atoms with van der Waals surface area (Å²) in [4.78, 5) is 13.1. The molecule has 0 saturated carbocycles. The summed E-state index contributed by atoms with van der Waals surface area (Å²) in [5.41, 5.74) is 1.53. The fourth-order valence-electron chi connectivity index (χ4n) is 2.99. The van der Waals surface area contributed by atoms with Gasteiger partial charge in [0, 0.05) is 24.7 Å². The monoisotopic (exact) mass is 319 g/mol. The number of rotatable bonds is 3. The molecule has 3 rings (SSSR count). The summed E-state index contributed by atoms with van der Waals surface area (Å²) in [6.07, 6.45) is -2.94. The second kappa shape index (κ2) is 6.07. The molecule has 1 unspecified atom stereocenters. The molecule has 2 aromatic rings. The van der Waals surface area contributed by atoms with Crippen LogP contribution < -0.4 is 4.90 Å². The predicted octanol–water partition coefficient (Wildman–Crippen LogP) is 4.40. The van der Waals surface area contributed by atoms with E-state index in [1.807, 2.05) is 35.2 Å². The van der Waals surface area contributed by atoms with E-state index in [4.69, 9.17) is 0 Å². The second-order valence-electron chi connectivity index (χ2n) is 5.71. The fourth-order valence-corrected chi connectivity index (χ4v) is 2.99. The molecule has 0 aliphatic carbocycles. The second-order valence-corrected chi connectivity index (χ2v) is 5.71. The molecular weight excluding hydrogens is 303 g/mol. The first-order chi connectivity index (χ1) is 11.0. The summed E-state index contributed by atoms with van der Waals surface area (Å²) in [7, 11) is 0. The van der Waals surface area contributed by atoms with Crippen molar-refractivity contribution >= 4 is 12.0 Å². The van der Waals surface area contributed by atoms with Crippen LogP contribution in [-0.2, 0) is 17.5 Å². The van der Waals surface area contributed by atoms with Crippen LogP contribution in [0.3, 0.4) is 0 Å². The Balaban J connectivity index is 1.99. The fraction of sp³-hybridized carbons (Fsp3) is 0.278. The highest BCUT2D eigenvalue weighted by molar-refractivity contribution is 5.71. The molecule has 0 spiro atoms. The lowest BCUT2D eigenvalue weighted by Crippen LogP contribution is -2.31. The van der Waals surface area contributed by atoms with Crippen molar-refractivity contribution < 1.29 is 18.0 Å². The summed E-state index contributed by atoms with van der Waals surface area (Å²) in [6, 6.07) is 13.3. The molecule has 2 aromatic carbocycles. The lowest BCUT2D eigenvalue weighted by Gasteiger charge is -2.34. The number of benzene rings is 2. The van der Waals surface area contributed by atoms with Gasteiger partial charge in [0.05, 0.1) is 5.56 Å². The van der Waals surface area contributed by atoms with Gasteiger partial charge in [-0.2, -0.15) is 13.2 Å². The molecule has 1 atom stereocenters. The summed E-state index contributed by atoms with van der Waals surface area (Å²) in [6.45, 7) is 1.09. The van der Waals surface area contributed by atoms with Crippen LogP contribution in [-0.4, -0.2) is 12.8 Å². The molecule has 0 aromatic heterocycles. The number of fused-ring (bicyclic) bond motifs is 1. The largest absolute Gasteiger partial charge is 0.416 e. The van der Waals surface area contributed by atoms with Gasteiger partial charge in [-0.15, -0.1) is 0 Å². The maximum atomic E-state index is 13.0. The summed E-state index contributed by atoms with van der Waals surface area (Å²) >= 11 is 0. The van der Waals surface area contributed by atoms with E-state index in [-0.39, 0.29) is 5.92 Å². The summed E-state index contributed by atoms with van der Waals surface area (Å²) in [5.74, 6) is -0.334. The van der Waals surface area contributed by atoms with Crippen molar-refractivity contribution in [3.8, 4) is 0 Å². The molecule has 0 radical (unpaired) electrons. The van der Waals surface area contributed by atoms with E-state index in [0.717, 1.165) is 24.0 Å². The molecular formula is C18H16F3NO. The van der Waals surface area contributed by atoms with E-state index in [2.05, 4.69) is 0 Å². The van der Waals surface area contributed by atoms with Crippen LogP contribution in [0.5, 0.6) is 0 Å². The SMILES string of the molecule is O=CC1CCN(Cc2ccccc2)c2cc(C(F)(F)F)ccc21. The maximum Gasteiger partial charge on any atom is 0.416 e. The van der Waals surface area contributed by atoms with Crippen LogP contribution in [0.2, 0.25) is 0 Å². The molecule has 0 bridgehead atoms. The third-order valence-electron chi connectivity index (χ3n) is 4.19. The Morgan fingerprint density at radius 2 is 1.87 bits per heavy atom. The number of hydrogen-bond donors (Lipinski definition) is 0. The Bertz CT molecular complexity index is 697. The zero-order valence-corrected chi connectivity index (χ0v) is 12.4. The Labute approximate surface area is 132 Å². The lowest BCUT2D eigenvalue weighted by molar-refractivity contribution is -0.137. The van der Waals surface area contributed by atoms with Gasteiger partial charge in [0.15, 0.2) is 0 Å². The molecule has 1 heterocycles. The van der Waals surface area contributed by atoms with Gasteiger partial charge in [0.25, 0.3) is 0 Å². The van der Waals surface area contributed by atoms with Crippen LogP contribution in [0, 0.1) is 0 Å². The highest BCUT2D eigenvalue weighted by atomic mass is 19.4. The lowest BCUT2D eigenvalue weighted by atomic mass is 9.89. The van der Waals surface area contributed by atoms with Crippen molar-refractivity contribution in [3.63, 3.8) is 0 Å². The van der Waals surface area contributed by atoms with Crippen LogP contribution >= 0.6 is 0 Å². The van der Waals surface area contributed by atoms with E-state index in [9.17, 15) is 18.0 Å². The number of nitrogens with zero attached hydrogens (tertiary/aromatic N) is 1. The Morgan fingerprint density at radius 3 is 2.52 bits per heavy atom. The molecule has 1 aliphatic heterocycles. The first-order valence-corrected chi connectivity index (χ1v) is 7.44. The Kier molecular flexibility index (Phi) is 4.11. The third kappa shape index (κ3) is 3.23. The highest BCUT2D eigenvalue weighted by Gasteiger charge is 2.33. The van der Waals surface area contributed by atoms with Crippen LogP contribution in [0.15, 0.2) is 48.5 Å². The zero-order valence-electron chi connectivity index (χ0n) is 12.4. The molecule has 0 saturated heterocycles. The Morgan fingerprint density at radius 1 is 1.13 bits per heavy atom. The Hall–Kier alpha value is -2.30. The first kappa shape index (κ1) is 15.6. The van der Waals surface area contributed by atoms with E-state index < -0.39 is 11.7 Å². The van der Waals surface area contributed by atoms with Gasteiger partial charge in [-0.3, -0.25) is 0 Å². The average molecular weight is 319 g/mol. The van der Waals surface area contributed by atoms with E-state index in [1.165, 1.54) is 6.07 Å². The third-order valence-corrected chi connectivity index (χ3v) is 4.19. The van der Waals surface area contributed by atoms with Gasteiger partial charge in [-0.1, -0.05) is 36.4 Å². The minimum absolute atomic E-state index is 0.334.